The van der Waals surface area contributed by atoms with E-state index in [1.807, 2.05) is 0 Å². The fraction of sp³-hybridized carbons (Fsp3) is 0.324. The average molecular weight is 646 g/mol. The number of H-pyrrole nitrogens is 1. The predicted molar refractivity (Wildman–Crippen MR) is 179 cm³/mol. The number of carbonyl (C=O) groups excluding carboxylic acids is 3. The molecule has 1 atom stereocenters. The van der Waals surface area contributed by atoms with E-state index in [-0.39, 0.29) is 29.3 Å². The van der Waals surface area contributed by atoms with Crippen LogP contribution < -0.4 is 20.9 Å². The Hall–Kier alpha value is -5.32. The number of imidazole rings is 1. The lowest BCUT2D eigenvalue weighted by Crippen LogP contribution is -2.59. The van der Waals surface area contributed by atoms with E-state index in [4.69, 9.17) is 0 Å². The molecule has 11 heteroatoms. The summed E-state index contributed by atoms with van der Waals surface area (Å²) in [5, 5.41) is 8.85. The molecule has 9 rings (SSSR count). The largest absolute Gasteiger partial charge is 0.347 e. The van der Waals surface area contributed by atoms with Gasteiger partial charge in [0.25, 0.3) is 11.8 Å². The molecular weight excluding hydrogens is 609 g/mol. The first-order valence-electron chi connectivity index (χ1n) is 16.5. The van der Waals surface area contributed by atoms with E-state index in [1.54, 1.807) is 72.9 Å². The van der Waals surface area contributed by atoms with Crippen molar-refractivity contribution in [3.05, 3.63) is 114 Å². The van der Waals surface area contributed by atoms with Crippen molar-refractivity contribution < 1.29 is 18.8 Å². The molecule has 4 fully saturated rings. The van der Waals surface area contributed by atoms with Gasteiger partial charge in [-0.2, -0.15) is 0 Å². The maximum Gasteiger partial charge on any atom is 0.321 e. The molecule has 0 radical (unpaired) electrons. The number of nitrogens with one attached hydrogen (secondary N) is 4. The Kier molecular flexibility index (Phi) is 7.54. The summed E-state index contributed by atoms with van der Waals surface area (Å²) >= 11 is 0. The van der Waals surface area contributed by atoms with Gasteiger partial charge < -0.3 is 25.8 Å². The number of para-hydroxylation sites is 1. The first-order valence-corrected chi connectivity index (χ1v) is 16.5. The highest BCUT2D eigenvalue weighted by atomic mass is 19.1. The number of rotatable bonds is 7. The molecule has 4 saturated carbocycles. The fourth-order valence-electron chi connectivity index (χ4n) is 8.70. The zero-order valence-corrected chi connectivity index (χ0v) is 26.3. The second-order valence-electron chi connectivity index (χ2n) is 13.7. The van der Waals surface area contributed by atoms with Gasteiger partial charge in [-0.15, -0.1) is 0 Å². The number of nitrogens with zero attached hydrogens (tertiary/aromatic N) is 3. The van der Waals surface area contributed by atoms with E-state index < -0.39 is 23.9 Å². The molecule has 0 unspecified atom stereocenters. The molecule has 4 aromatic rings. The molecule has 3 aromatic carbocycles. The lowest BCUT2D eigenvalue weighted by Gasteiger charge is -2.56. The van der Waals surface area contributed by atoms with Gasteiger partial charge in [0.1, 0.15) is 5.82 Å². The SMILES string of the molecule is O=C(Nc1cccc(C(=O)NC23CC4CC(CC(C4)C2)C3)c1)N[C@@H]1N=C(c2ccccc2F)c2ccccc2N(Cc2cnc[nH]2)C1=O. The van der Waals surface area contributed by atoms with Crippen molar-refractivity contribution in [2.45, 2.75) is 56.8 Å². The van der Waals surface area contributed by atoms with E-state index >= 15 is 4.39 Å². The number of benzodiazepines with no additional fused rings is 1. The van der Waals surface area contributed by atoms with E-state index in [9.17, 15) is 14.4 Å². The highest BCUT2D eigenvalue weighted by Crippen LogP contribution is 2.55. The van der Waals surface area contributed by atoms with E-state index in [2.05, 4.69) is 30.9 Å². The molecular formula is C37H36FN7O3. The zero-order valence-electron chi connectivity index (χ0n) is 26.3. The van der Waals surface area contributed by atoms with Gasteiger partial charge in [-0.25, -0.2) is 19.2 Å². The van der Waals surface area contributed by atoms with Gasteiger partial charge in [0, 0.05) is 34.1 Å². The van der Waals surface area contributed by atoms with Crippen LogP contribution in [0.25, 0.3) is 0 Å². The number of halogens is 1. The number of aromatic nitrogens is 2. The van der Waals surface area contributed by atoms with Crippen LogP contribution >= 0.6 is 0 Å². The van der Waals surface area contributed by atoms with Gasteiger partial charge in [-0.05, 0) is 92.7 Å². The molecule has 0 saturated heterocycles. The van der Waals surface area contributed by atoms with Crippen molar-refractivity contribution >= 4 is 34.9 Å². The highest BCUT2D eigenvalue weighted by molar-refractivity contribution is 6.20. The number of amides is 4. The summed E-state index contributed by atoms with van der Waals surface area (Å²) in [6, 6.07) is 19.4. The molecule has 4 aliphatic carbocycles. The fourth-order valence-corrected chi connectivity index (χ4v) is 8.70. The average Bonchev–Trinajstić information content (AvgIpc) is 3.55. The number of fused-ring (bicyclic) bond motifs is 1. The van der Waals surface area contributed by atoms with Gasteiger partial charge in [0.05, 0.1) is 30.0 Å². The minimum atomic E-state index is -1.39. The minimum absolute atomic E-state index is 0.122. The van der Waals surface area contributed by atoms with Crippen molar-refractivity contribution in [1.29, 1.82) is 0 Å². The summed E-state index contributed by atoms with van der Waals surface area (Å²) in [6.45, 7) is 0.122. The molecule has 5 aliphatic rings. The van der Waals surface area contributed by atoms with Gasteiger partial charge in [-0.1, -0.05) is 36.4 Å². The normalized spacial score (nSPS) is 25.6. The lowest BCUT2D eigenvalue weighted by molar-refractivity contribution is -0.120. The van der Waals surface area contributed by atoms with Crippen LogP contribution in [0.5, 0.6) is 0 Å². The van der Waals surface area contributed by atoms with Crippen molar-refractivity contribution in [2.75, 3.05) is 10.2 Å². The van der Waals surface area contributed by atoms with Crippen LogP contribution in [0, 0.1) is 23.6 Å². The second kappa shape index (κ2) is 12.0. The number of carbonyl (C=O) groups is 3. The Bertz CT molecular complexity index is 1890. The predicted octanol–water partition coefficient (Wildman–Crippen LogP) is 5.78. The first-order chi connectivity index (χ1) is 23.3. The van der Waals surface area contributed by atoms with Crippen molar-refractivity contribution in [3.8, 4) is 0 Å². The Morgan fingerprint density at radius 2 is 1.62 bits per heavy atom. The zero-order chi connectivity index (χ0) is 32.8. The number of hydrogen-bond donors (Lipinski definition) is 4. The molecule has 0 spiro atoms. The molecule has 10 nitrogen and oxygen atoms in total. The quantitative estimate of drug-likeness (QED) is 0.203. The molecule has 4 amide bonds. The van der Waals surface area contributed by atoms with E-state index in [0.29, 0.717) is 45.9 Å². The number of aliphatic imine (C=N–C) groups is 1. The van der Waals surface area contributed by atoms with Gasteiger partial charge >= 0.3 is 6.03 Å². The molecule has 1 aliphatic heterocycles. The van der Waals surface area contributed by atoms with Crippen LogP contribution in [0.4, 0.5) is 20.6 Å². The Morgan fingerprint density at radius 3 is 2.33 bits per heavy atom. The monoisotopic (exact) mass is 645 g/mol. The summed E-state index contributed by atoms with van der Waals surface area (Å²) in [6.07, 6.45) is 8.71. The number of benzene rings is 3. The lowest BCUT2D eigenvalue weighted by atomic mass is 9.53. The summed E-state index contributed by atoms with van der Waals surface area (Å²) in [7, 11) is 0. The highest BCUT2D eigenvalue weighted by Gasteiger charge is 2.51. The molecule has 244 valence electrons. The van der Waals surface area contributed by atoms with Crippen molar-refractivity contribution in [3.63, 3.8) is 0 Å². The molecule has 2 heterocycles. The standard InChI is InChI=1S/C37H36FN7O3/c38-30-10-3-1-8-28(30)32-29-9-2-4-11-31(29)45(20-27-19-39-21-40-27)35(47)33(42-32)43-36(48)41-26-7-5-6-25(15-26)34(46)44-37-16-22-12-23(17-37)14-24(13-22)18-37/h1-11,15,19,21-24,33H,12-14,16-18,20H2,(H,39,40)(H,44,46)(H2,41,43,48)/t22?,23?,24?,33-,37?/m0/s1. The first kappa shape index (κ1) is 30.0. The number of anilines is 2. The summed E-state index contributed by atoms with van der Waals surface area (Å²) < 4.78 is 15.2. The summed E-state index contributed by atoms with van der Waals surface area (Å²) in [5.41, 5.74) is 2.86. The van der Waals surface area contributed by atoms with E-state index in [0.717, 1.165) is 19.3 Å². The molecule has 48 heavy (non-hydrogen) atoms. The van der Waals surface area contributed by atoms with Crippen LogP contribution in [0.15, 0.2) is 90.3 Å². The summed E-state index contributed by atoms with van der Waals surface area (Å²) in [5.74, 6) is 0.931. The van der Waals surface area contributed by atoms with Crippen LogP contribution in [-0.4, -0.2) is 45.2 Å². The van der Waals surface area contributed by atoms with Crippen LogP contribution in [0.3, 0.4) is 0 Å². The van der Waals surface area contributed by atoms with Gasteiger partial charge in [-0.3, -0.25) is 9.59 Å². The van der Waals surface area contributed by atoms with Gasteiger partial charge in [0.15, 0.2) is 0 Å². The topological polar surface area (TPSA) is 132 Å². The van der Waals surface area contributed by atoms with Crippen LogP contribution in [-0.2, 0) is 11.3 Å². The number of aromatic amines is 1. The van der Waals surface area contributed by atoms with E-state index in [1.165, 1.54) is 36.6 Å². The third-order valence-electron chi connectivity index (χ3n) is 10.3. The smallest absolute Gasteiger partial charge is 0.321 e. The summed E-state index contributed by atoms with van der Waals surface area (Å²) in [4.78, 5) is 54.3. The number of hydrogen-bond acceptors (Lipinski definition) is 5. The minimum Gasteiger partial charge on any atom is -0.347 e. The van der Waals surface area contributed by atoms with Crippen molar-refractivity contribution in [1.82, 2.24) is 20.6 Å². The van der Waals surface area contributed by atoms with Crippen molar-refractivity contribution in [2.24, 2.45) is 22.7 Å². The number of urea groups is 1. The maximum absolute atomic E-state index is 15.2. The molecule has 4 bridgehead atoms. The Labute approximate surface area is 277 Å². The molecule has 4 N–H and O–H groups in total. The van der Waals surface area contributed by atoms with Crippen LogP contribution in [0.1, 0.15) is 65.7 Å². The third kappa shape index (κ3) is 5.74. The second-order valence-corrected chi connectivity index (χ2v) is 13.7. The van der Waals surface area contributed by atoms with Gasteiger partial charge in [0.2, 0.25) is 6.17 Å². The maximum atomic E-state index is 15.2. The Balaban J connectivity index is 1.04. The third-order valence-corrected chi connectivity index (χ3v) is 10.3. The Morgan fingerprint density at radius 1 is 0.917 bits per heavy atom. The molecule has 1 aromatic heterocycles. The van der Waals surface area contributed by atoms with Crippen LogP contribution in [0.2, 0.25) is 0 Å².